The topological polar surface area (TPSA) is 0 Å². The molecule has 3 heteroatoms. The van der Waals surface area contributed by atoms with Gasteiger partial charge in [-0.2, -0.15) is 0 Å². The molecule has 0 radical (unpaired) electrons. The molecule has 0 amide bonds. The first-order chi connectivity index (χ1) is 3.66. The molecule has 0 heterocycles. The Labute approximate surface area is 69.9 Å². The molecule has 1 atom stereocenters. The molecule has 8 heavy (non-hydrogen) atoms. The third-order valence-electron chi connectivity index (χ3n) is 0.895. The van der Waals surface area contributed by atoms with Crippen molar-refractivity contribution in [3.05, 3.63) is 0 Å². The van der Waals surface area contributed by atoms with Crippen molar-refractivity contribution in [2.45, 2.75) is 24.0 Å². The minimum absolute atomic E-state index is 0.323. The maximum Gasteiger partial charge on any atom is 0.0317 e. The van der Waals surface area contributed by atoms with Gasteiger partial charge in [0.2, 0.25) is 0 Å². The summed E-state index contributed by atoms with van der Waals surface area (Å²) in [7, 11) is -0.323. The van der Waals surface area contributed by atoms with Gasteiger partial charge in [0.05, 0.1) is 0 Å². The van der Waals surface area contributed by atoms with E-state index in [2.05, 4.69) is 45.0 Å². The Hall–Kier alpha value is 1.18. The second-order valence-electron chi connectivity index (χ2n) is 2.38. The highest BCUT2D eigenvalue weighted by Gasteiger charge is 2.03. The smallest absolute Gasteiger partial charge is 0.0317 e. The Balaban J connectivity index is 3.10. The number of halogens is 2. The van der Waals surface area contributed by atoms with E-state index in [0.29, 0.717) is 4.83 Å². The summed E-state index contributed by atoms with van der Waals surface area (Å²) >= 11 is 6.98. The van der Waals surface area contributed by atoms with Crippen LogP contribution in [0.3, 0.4) is 0 Å². The van der Waals surface area contributed by atoms with Crippen molar-refractivity contribution in [1.82, 2.24) is 0 Å². The minimum atomic E-state index is -0.323. The lowest BCUT2D eigenvalue weighted by Gasteiger charge is -2.05. The molecule has 0 aliphatic heterocycles. The van der Waals surface area contributed by atoms with Crippen LogP contribution in [0.15, 0.2) is 0 Å². The zero-order valence-corrected chi connectivity index (χ0v) is 9.65. The van der Waals surface area contributed by atoms with Gasteiger partial charge in [0.1, 0.15) is 0 Å². The average molecular weight is 260 g/mol. The number of hydrogen-bond acceptors (Lipinski definition) is 0. The van der Waals surface area contributed by atoms with E-state index in [1.165, 1.54) is 6.04 Å². The lowest BCUT2D eigenvalue weighted by Crippen LogP contribution is -2.09. The van der Waals surface area contributed by atoms with Crippen LogP contribution in [-0.4, -0.2) is 19.0 Å². The van der Waals surface area contributed by atoms with Crippen molar-refractivity contribution in [2.24, 2.45) is 0 Å². The summed E-state index contributed by atoms with van der Waals surface area (Å²) in [6.07, 6.45) is 0. The van der Waals surface area contributed by atoms with Crippen LogP contribution in [0.25, 0.3) is 0 Å². The first-order valence-corrected chi connectivity index (χ1v) is 8.03. The third kappa shape index (κ3) is 5.32. The zero-order chi connectivity index (χ0) is 6.57. The number of hydrogen-bond donors (Lipinski definition) is 0. The van der Waals surface area contributed by atoms with E-state index in [1.807, 2.05) is 0 Å². The Morgan fingerprint density at radius 3 is 2.12 bits per heavy atom. The second kappa shape index (κ2) is 5.00. The molecule has 0 aromatic rings. The van der Waals surface area contributed by atoms with Gasteiger partial charge in [-0.05, 0) is 6.04 Å². The van der Waals surface area contributed by atoms with Crippen LogP contribution in [-0.2, 0) is 0 Å². The summed E-state index contributed by atoms with van der Waals surface area (Å²) in [5, 5.41) is 1.10. The van der Waals surface area contributed by atoms with Crippen molar-refractivity contribution in [2.75, 3.05) is 5.33 Å². The lowest BCUT2D eigenvalue weighted by atomic mass is 10.6. The van der Waals surface area contributed by atoms with Crippen molar-refractivity contribution in [3.8, 4) is 0 Å². The van der Waals surface area contributed by atoms with E-state index >= 15 is 0 Å². The minimum Gasteiger partial charge on any atom is -0.0916 e. The molecule has 0 aliphatic rings. The van der Waals surface area contributed by atoms with Crippen LogP contribution in [0, 0.1) is 0 Å². The Morgan fingerprint density at radius 2 is 2.00 bits per heavy atom. The van der Waals surface area contributed by atoms with Crippen LogP contribution in [0.1, 0.15) is 0 Å². The highest BCUT2D eigenvalue weighted by atomic mass is 79.9. The van der Waals surface area contributed by atoms with Crippen LogP contribution in [0.4, 0.5) is 0 Å². The van der Waals surface area contributed by atoms with Crippen LogP contribution < -0.4 is 0 Å². The summed E-state index contributed by atoms with van der Waals surface area (Å²) in [6, 6.07) is 1.39. The largest absolute Gasteiger partial charge is 0.0916 e. The Bertz CT molecular complexity index is 56.4. The van der Waals surface area contributed by atoms with Crippen LogP contribution >= 0.6 is 31.9 Å². The van der Waals surface area contributed by atoms with Gasteiger partial charge in [-0.1, -0.05) is 45.0 Å². The van der Waals surface area contributed by atoms with Gasteiger partial charge in [-0.25, -0.2) is 0 Å². The van der Waals surface area contributed by atoms with E-state index in [0.717, 1.165) is 5.33 Å². The van der Waals surface area contributed by atoms with Gasteiger partial charge in [-0.15, -0.1) is 0 Å². The molecular weight excluding hydrogens is 248 g/mol. The van der Waals surface area contributed by atoms with Crippen molar-refractivity contribution < 1.29 is 0 Å². The molecule has 0 aromatic heterocycles. The highest BCUT2D eigenvalue weighted by Crippen LogP contribution is 2.10. The SMILES string of the molecule is C[SiH](C)CC(Br)CBr. The molecule has 0 fully saturated rings. The summed E-state index contributed by atoms with van der Waals surface area (Å²) in [6.45, 7) is 4.74. The molecule has 0 N–H and O–H groups in total. The molecular formula is C5H12Br2Si. The molecule has 0 aliphatic carbocycles. The molecule has 0 nitrogen and oxygen atoms in total. The molecule has 50 valence electrons. The van der Waals surface area contributed by atoms with Gasteiger partial charge >= 0.3 is 0 Å². The predicted molar refractivity (Wildman–Crippen MR) is 50.2 cm³/mol. The molecule has 1 unspecified atom stereocenters. The zero-order valence-electron chi connectivity index (χ0n) is 5.32. The summed E-state index contributed by atoms with van der Waals surface area (Å²) in [4.78, 5) is 0.717. The maximum absolute atomic E-state index is 3.57. The summed E-state index contributed by atoms with van der Waals surface area (Å²) in [5.74, 6) is 0. The van der Waals surface area contributed by atoms with Crippen molar-refractivity contribution in [3.63, 3.8) is 0 Å². The molecule has 0 spiro atoms. The second-order valence-corrected chi connectivity index (χ2v) is 7.58. The van der Waals surface area contributed by atoms with E-state index < -0.39 is 0 Å². The fourth-order valence-electron chi connectivity index (χ4n) is 0.575. The predicted octanol–water partition coefficient (Wildman–Crippen LogP) is 2.63. The van der Waals surface area contributed by atoms with Gasteiger partial charge < -0.3 is 0 Å². The molecule has 0 aromatic carbocycles. The Morgan fingerprint density at radius 1 is 1.50 bits per heavy atom. The molecule has 0 saturated heterocycles. The molecule has 0 rings (SSSR count). The maximum atomic E-state index is 3.57. The van der Waals surface area contributed by atoms with E-state index in [4.69, 9.17) is 0 Å². The first kappa shape index (κ1) is 9.18. The van der Waals surface area contributed by atoms with Gasteiger partial charge in [0.15, 0.2) is 0 Å². The summed E-state index contributed by atoms with van der Waals surface area (Å²) < 4.78 is 0. The van der Waals surface area contributed by atoms with Crippen molar-refractivity contribution >= 4 is 40.7 Å². The fourth-order valence-corrected chi connectivity index (χ4v) is 4.76. The standard InChI is InChI=1S/C5H12Br2Si/c1-8(2)4-5(7)3-6/h5,8H,3-4H2,1-2H3. The van der Waals surface area contributed by atoms with Gasteiger partial charge in [-0.3, -0.25) is 0 Å². The Kier molecular flexibility index (Phi) is 5.74. The quantitative estimate of drug-likeness (QED) is 0.540. The third-order valence-corrected chi connectivity index (χ3v) is 5.44. The normalized spacial score (nSPS) is 14.6. The van der Waals surface area contributed by atoms with Crippen LogP contribution in [0.2, 0.25) is 19.1 Å². The monoisotopic (exact) mass is 258 g/mol. The average Bonchev–Trinajstić information content (AvgIpc) is 1.65. The van der Waals surface area contributed by atoms with Crippen molar-refractivity contribution in [1.29, 1.82) is 0 Å². The summed E-state index contributed by atoms with van der Waals surface area (Å²) in [5.41, 5.74) is 0. The number of alkyl halides is 2. The van der Waals surface area contributed by atoms with Crippen LogP contribution in [0.5, 0.6) is 0 Å². The lowest BCUT2D eigenvalue weighted by molar-refractivity contribution is 1.14. The fraction of sp³-hybridized carbons (Fsp3) is 1.00. The van der Waals surface area contributed by atoms with Gasteiger partial charge in [0, 0.05) is 19.0 Å². The van der Waals surface area contributed by atoms with E-state index in [-0.39, 0.29) is 8.80 Å². The van der Waals surface area contributed by atoms with E-state index in [9.17, 15) is 0 Å². The van der Waals surface area contributed by atoms with Gasteiger partial charge in [0.25, 0.3) is 0 Å². The van der Waals surface area contributed by atoms with E-state index in [1.54, 1.807) is 0 Å². The highest BCUT2D eigenvalue weighted by molar-refractivity contribution is 9.12. The first-order valence-electron chi connectivity index (χ1n) is 2.86. The molecule has 0 saturated carbocycles. The number of rotatable bonds is 3. The molecule has 0 bridgehead atoms.